The zero-order valence-corrected chi connectivity index (χ0v) is 24.2. The lowest BCUT2D eigenvalue weighted by Gasteiger charge is -2.15. The van der Waals surface area contributed by atoms with Crippen LogP contribution < -0.4 is 20.1 Å². The molecule has 9 heteroatoms. The van der Waals surface area contributed by atoms with E-state index in [1.807, 2.05) is 44.2 Å². The number of carbonyl (C=O) groups is 3. The summed E-state index contributed by atoms with van der Waals surface area (Å²) in [6.07, 6.45) is -0.779. The number of rotatable bonds is 11. The van der Waals surface area contributed by atoms with Crippen molar-refractivity contribution in [2.75, 3.05) is 23.8 Å². The van der Waals surface area contributed by atoms with Gasteiger partial charge in [-0.2, -0.15) is 0 Å². The lowest BCUT2D eigenvalue weighted by molar-refractivity contribution is -0.122. The van der Waals surface area contributed by atoms with Crippen molar-refractivity contribution in [2.45, 2.75) is 33.8 Å². The van der Waals surface area contributed by atoms with Crippen LogP contribution >= 0.6 is 11.3 Å². The van der Waals surface area contributed by atoms with Gasteiger partial charge in [-0.15, -0.1) is 11.3 Å². The maximum absolute atomic E-state index is 13.1. The van der Waals surface area contributed by atoms with Crippen LogP contribution in [0.25, 0.3) is 11.1 Å². The van der Waals surface area contributed by atoms with Crippen molar-refractivity contribution >= 4 is 39.8 Å². The molecule has 212 valence electrons. The second kappa shape index (κ2) is 13.6. The minimum atomic E-state index is -0.779. The van der Waals surface area contributed by atoms with Crippen molar-refractivity contribution in [3.63, 3.8) is 0 Å². The molecule has 0 fully saturated rings. The number of anilines is 2. The molecule has 0 aliphatic rings. The van der Waals surface area contributed by atoms with E-state index < -0.39 is 12.1 Å². The van der Waals surface area contributed by atoms with Crippen molar-refractivity contribution in [1.82, 2.24) is 0 Å². The summed E-state index contributed by atoms with van der Waals surface area (Å²) in [4.78, 5) is 39.6. The lowest BCUT2D eigenvalue weighted by atomic mass is 10.0. The maximum atomic E-state index is 13.1. The molecular formula is C32H32N2O6S. The zero-order valence-electron chi connectivity index (χ0n) is 23.4. The quantitative estimate of drug-likeness (QED) is 0.188. The van der Waals surface area contributed by atoms with Gasteiger partial charge < -0.3 is 24.8 Å². The van der Waals surface area contributed by atoms with Gasteiger partial charge in [-0.05, 0) is 81.8 Å². The van der Waals surface area contributed by atoms with E-state index in [1.54, 1.807) is 62.4 Å². The van der Waals surface area contributed by atoms with Crippen molar-refractivity contribution in [1.29, 1.82) is 0 Å². The Balaban J connectivity index is 1.43. The first-order valence-corrected chi connectivity index (χ1v) is 14.1. The van der Waals surface area contributed by atoms with Crippen LogP contribution in [-0.4, -0.2) is 37.1 Å². The van der Waals surface area contributed by atoms with E-state index in [9.17, 15) is 14.4 Å². The minimum absolute atomic E-state index is 0.216. The lowest BCUT2D eigenvalue weighted by Crippen LogP contribution is -2.30. The first-order chi connectivity index (χ1) is 19.8. The number of ether oxygens (including phenoxy) is 3. The molecule has 1 atom stereocenters. The zero-order chi connectivity index (χ0) is 29.4. The molecule has 1 unspecified atom stereocenters. The third-order valence-electron chi connectivity index (χ3n) is 6.08. The highest BCUT2D eigenvalue weighted by molar-refractivity contribution is 7.17. The van der Waals surface area contributed by atoms with Gasteiger partial charge in [0.25, 0.3) is 11.8 Å². The van der Waals surface area contributed by atoms with Crippen LogP contribution in [0.15, 0.2) is 78.9 Å². The van der Waals surface area contributed by atoms with Crippen LogP contribution in [0.1, 0.15) is 46.4 Å². The van der Waals surface area contributed by atoms with Gasteiger partial charge in [-0.25, -0.2) is 4.79 Å². The van der Waals surface area contributed by atoms with Crippen LogP contribution in [0.2, 0.25) is 0 Å². The summed E-state index contributed by atoms with van der Waals surface area (Å²) < 4.78 is 16.5. The van der Waals surface area contributed by atoms with Crippen molar-refractivity contribution in [3.05, 3.63) is 94.9 Å². The third kappa shape index (κ3) is 7.32. The molecule has 4 aromatic rings. The largest absolute Gasteiger partial charge is 0.494 e. The van der Waals surface area contributed by atoms with E-state index in [2.05, 4.69) is 10.6 Å². The summed E-state index contributed by atoms with van der Waals surface area (Å²) in [5, 5.41) is 6.11. The van der Waals surface area contributed by atoms with Gasteiger partial charge in [-0.1, -0.05) is 30.3 Å². The van der Waals surface area contributed by atoms with E-state index in [0.717, 1.165) is 21.8 Å². The van der Waals surface area contributed by atoms with Crippen LogP contribution in [0, 0.1) is 6.92 Å². The fourth-order valence-electron chi connectivity index (χ4n) is 4.15. The summed E-state index contributed by atoms with van der Waals surface area (Å²) in [7, 11) is 0. The average Bonchev–Trinajstić information content (AvgIpc) is 3.30. The van der Waals surface area contributed by atoms with E-state index in [1.165, 1.54) is 11.3 Å². The molecule has 0 saturated heterocycles. The Labute approximate surface area is 243 Å². The number of benzene rings is 3. The summed E-state index contributed by atoms with van der Waals surface area (Å²) in [6.45, 7) is 7.98. The number of aryl methyl sites for hydroxylation is 1. The Hall–Kier alpha value is -4.63. The number of hydrogen-bond acceptors (Lipinski definition) is 7. The first-order valence-electron chi connectivity index (χ1n) is 13.3. The van der Waals surface area contributed by atoms with E-state index in [0.29, 0.717) is 34.2 Å². The van der Waals surface area contributed by atoms with Gasteiger partial charge in [0, 0.05) is 21.7 Å². The fraction of sp³-hybridized carbons (Fsp3) is 0.219. The molecule has 0 aliphatic heterocycles. The van der Waals surface area contributed by atoms with Crippen molar-refractivity contribution in [3.8, 4) is 22.6 Å². The molecule has 8 nitrogen and oxygen atoms in total. The molecule has 2 amide bonds. The number of esters is 1. The third-order valence-corrected chi connectivity index (χ3v) is 7.11. The summed E-state index contributed by atoms with van der Waals surface area (Å²) in [6, 6.07) is 23.1. The highest BCUT2D eigenvalue weighted by Gasteiger charge is 2.26. The number of thiophene rings is 1. The van der Waals surface area contributed by atoms with E-state index in [-0.39, 0.29) is 18.4 Å². The molecule has 1 heterocycles. The SMILES string of the molecule is CCOC(=O)c1c(NC(=O)c2ccc(OC(C)C(=O)Nc3ccc(OCC)cc3)cc2)sc(C)c1-c1ccccc1. The smallest absolute Gasteiger partial charge is 0.341 e. The molecule has 0 bridgehead atoms. The fourth-order valence-corrected chi connectivity index (χ4v) is 5.21. The molecule has 0 spiro atoms. The first kappa shape index (κ1) is 29.4. The normalized spacial score (nSPS) is 11.3. The molecule has 1 aromatic heterocycles. The Bertz CT molecular complexity index is 1500. The van der Waals surface area contributed by atoms with Gasteiger partial charge in [0.2, 0.25) is 0 Å². The predicted octanol–water partition coefficient (Wildman–Crippen LogP) is 6.96. The Morgan fingerprint density at radius 1 is 0.829 bits per heavy atom. The minimum Gasteiger partial charge on any atom is -0.494 e. The molecular weight excluding hydrogens is 540 g/mol. The molecule has 0 aliphatic carbocycles. The highest BCUT2D eigenvalue weighted by Crippen LogP contribution is 2.40. The molecule has 41 heavy (non-hydrogen) atoms. The van der Waals surface area contributed by atoms with Gasteiger partial charge in [0.1, 0.15) is 22.1 Å². The molecule has 0 radical (unpaired) electrons. The number of carbonyl (C=O) groups excluding carboxylic acids is 3. The van der Waals surface area contributed by atoms with Crippen LogP contribution in [0.4, 0.5) is 10.7 Å². The second-order valence-electron chi connectivity index (χ2n) is 9.01. The van der Waals surface area contributed by atoms with Gasteiger partial charge >= 0.3 is 5.97 Å². The van der Waals surface area contributed by atoms with Crippen LogP contribution in [0.3, 0.4) is 0 Å². The Kier molecular flexibility index (Phi) is 9.76. The Morgan fingerprint density at radius 3 is 2.12 bits per heavy atom. The number of amides is 2. The number of hydrogen-bond donors (Lipinski definition) is 2. The molecule has 4 rings (SSSR count). The highest BCUT2D eigenvalue weighted by atomic mass is 32.1. The standard InChI is InChI=1S/C32H32N2O6S/c1-5-38-25-18-14-24(15-19-25)33-29(35)20(3)40-26-16-12-23(13-17-26)30(36)34-31-28(32(37)39-6-2)27(21(4)41-31)22-10-8-7-9-11-22/h7-20H,5-6H2,1-4H3,(H,33,35)(H,34,36). The van der Waals surface area contributed by atoms with Crippen LogP contribution in [0.5, 0.6) is 11.5 Å². The summed E-state index contributed by atoms with van der Waals surface area (Å²) in [5.74, 6) is -0.0374. The molecule has 2 N–H and O–H groups in total. The monoisotopic (exact) mass is 572 g/mol. The maximum Gasteiger partial charge on any atom is 0.341 e. The van der Waals surface area contributed by atoms with E-state index in [4.69, 9.17) is 14.2 Å². The van der Waals surface area contributed by atoms with Gasteiger partial charge in [0.15, 0.2) is 6.10 Å². The number of nitrogens with one attached hydrogen (secondary N) is 2. The van der Waals surface area contributed by atoms with Gasteiger partial charge in [0.05, 0.1) is 13.2 Å². The second-order valence-corrected chi connectivity index (χ2v) is 10.2. The Morgan fingerprint density at radius 2 is 1.49 bits per heavy atom. The van der Waals surface area contributed by atoms with Crippen molar-refractivity contribution in [2.24, 2.45) is 0 Å². The summed E-state index contributed by atoms with van der Waals surface area (Å²) in [5.41, 5.74) is 2.94. The predicted molar refractivity (Wildman–Crippen MR) is 161 cm³/mol. The van der Waals surface area contributed by atoms with Crippen molar-refractivity contribution < 1.29 is 28.6 Å². The topological polar surface area (TPSA) is 103 Å². The van der Waals surface area contributed by atoms with Gasteiger partial charge in [-0.3, -0.25) is 9.59 Å². The van der Waals surface area contributed by atoms with E-state index >= 15 is 0 Å². The molecule has 3 aromatic carbocycles. The summed E-state index contributed by atoms with van der Waals surface area (Å²) >= 11 is 1.32. The molecule has 0 saturated carbocycles. The average molecular weight is 573 g/mol. The van der Waals surface area contributed by atoms with Crippen LogP contribution in [-0.2, 0) is 9.53 Å².